The molecule has 0 aliphatic rings. The molecule has 2 N–H and O–H groups in total. The van der Waals surface area contributed by atoms with Gasteiger partial charge in [0.2, 0.25) is 5.91 Å². The number of amides is 1. The zero-order chi connectivity index (χ0) is 14.3. The highest BCUT2D eigenvalue weighted by Crippen LogP contribution is 2.06. The van der Waals surface area contributed by atoms with Crippen LogP contribution in [-0.2, 0) is 20.7 Å². The maximum Gasteiger partial charge on any atom is 0.332 e. The molecule has 6 heteroatoms. The van der Waals surface area contributed by atoms with Crippen LogP contribution in [0.3, 0.4) is 0 Å². The first-order chi connectivity index (χ1) is 9.00. The summed E-state index contributed by atoms with van der Waals surface area (Å²) in [5.74, 6) is -1.82. The van der Waals surface area contributed by atoms with Gasteiger partial charge in [-0.15, -0.1) is 0 Å². The van der Waals surface area contributed by atoms with Crippen LogP contribution in [-0.4, -0.2) is 36.2 Å². The fraction of sp³-hybridized carbons (Fsp3) is 0.385. The largest absolute Gasteiger partial charge is 0.479 e. The van der Waals surface area contributed by atoms with Gasteiger partial charge in [0.15, 0.2) is 6.10 Å². The van der Waals surface area contributed by atoms with Crippen molar-refractivity contribution in [2.24, 2.45) is 0 Å². The fourth-order valence-electron chi connectivity index (χ4n) is 1.37. The third-order valence-corrected chi connectivity index (χ3v) is 2.45. The minimum absolute atomic E-state index is 0.0544. The maximum atomic E-state index is 13.3. The van der Waals surface area contributed by atoms with E-state index in [4.69, 9.17) is 9.84 Å². The Kier molecular flexibility index (Phi) is 5.95. The second-order valence-electron chi connectivity index (χ2n) is 3.97. The van der Waals surface area contributed by atoms with Crippen LogP contribution < -0.4 is 5.32 Å². The number of carboxylic acid groups (broad SMARTS) is 1. The molecule has 0 spiro atoms. The summed E-state index contributed by atoms with van der Waals surface area (Å²) < 4.78 is 18.2. The van der Waals surface area contributed by atoms with Gasteiger partial charge in [-0.25, -0.2) is 9.18 Å². The zero-order valence-electron chi connectivity index (χ0n) is 10.6. The van der Waals surface area contributed by atoms with Crippen LogP contribution in [0.4, 0.5) is 4.39 Å². The molecule has 5 nitrogen and oxygen atoms in total. The van der Waals surface area contributed by atoms with Crippen molar-refractivity contribution in [1.29, 1.82) is 0 Å². The molecule has 0 bridgehead atoms. The number of carbonyl (C=O) groups excluding carboxylic acids is 1. The van der Waals surface area contributed by atoms with Gasteiger partial charge in [-0.3, -0.25) is 4.79 Å². The summed E-state index contributed by atoms with van der Waals surface area (Å²) in [6.45, 7) is 1.69. The molecule has 0 saturated heterocycles. The van der Waals surface area contributed by atoms with E-state index in [9.17, 15) is 14.0 Å². The molecule has 104 valence electrons. The van der Waals surface area contributed by atoms with E-state index in [1.807, 2.05) is 0 Å². The van der Waals surface area contributed by atoms with Crippen molar-refractivity contribution in [2.75, 3.05) is 13.2 Å². The summed E-state index contributed by atoms with van der Waals surface area (Å²) >= 11 is 0. The average molecular weight is 269 g/mol. The molecular weight excluding hydrogens is 253 g/mol. The van der Waals surface area contributed by atoms with Gasteiger partial charge in [0, 0.05) is 6.54 Å². The molecule has 0 aliphatic carbocycles. The number of aliphatic carboxylic acids is 1. The van der Waals surface area contributed by atoms with E-state index in [0.717, 1.165) is 0 Å². The molecule has 1 atom stereocenters. The second-order valence-corrected chi connectivity index (χ2v) is 3.97. The number of carboxylic acids is 1. The Morgan fingerprint density at radius 3 is 2.74 bits per heavy atom. The van der Waals surface area contributed by atoms with E-state index >= 15 is 0 Å². The summed E-state index contributed by atoms with van der Waals surface area (Å²) in [5, 5.41) is 11.1. The van der Waals surface area contributed by atoms with Crippen molar-refractivity contribution >= 4 is 11.9 Å². The molecule has 0 fully saturated rings. The highest BCUT2D eigenvalue weighted by atomic mass is 19.1. The summed E-state index contributed by atoms with van der Waals surface area (Å²) in [4.78, 5) is 21.9. The molecule has 19 heavy (non-hydrogen) atoms. The van der Waals surface area contributed by atoms with Crippen molar-refractivity contribution < 1.29 is 23.8 Å². The lowest BCUT2D eigenvalue weighted by Crippen LogP contribution is -2.31. The first-order valence-corrected chi connectivity index (χ1v) is 5.85. The first-order valence-electron chi connectivity index (χ1n) is 5.85. The van der Waals surface area contributed by atoms with Gasteiger partial charge in [0.05, 0.1) is 13.0 Å². The van der Waals surface area contributed by atoms with Gasteiger partial charge in [0.1, 0.15) is 5.82 Å². The predicted molar refractivity (Wildman–Crippen MR) is 66.2 cm³/mol. The molecule has 0 radical (unpaired) electrons. The van der Waals surface area contributed by atoms with Crippen LogP contribution >= 0.6 is 0 Å². The quantitative estimate of drug-likeness (QED) is 0.723. The summed E-state index contributed by atoms with van der Waals surface area (Å²) in [6, 6.07) is 6.04. The first kappa shape index (κ1) is 15.1. The number of hydrogen-bond acceptors (Lipinski definition) is 3. The standard InChI is InChI=1S/C13H16FNO4/c1-9(13(17)18)19-7-6-15-12(16)8-10-4-2-3-5-11(10)14/h2-5,9H,6-8H2,1H3,(H,15,16)(H,17,18). The molecule has 1 amide bonds. The van der Waals surface area contributed by atoms with Gasteiger partial charge >= 0.3 is 5.97 Å². The van der Waals surface area contributed by atoms with E-state index in [-0.39, 0.29) is 25.5 Å². The Bertz CT molecular complexity index is 450. The molecule has 0 heterocycles. The third kappa shape index (κ3) is 5.48. The topological polar surface area (TPSA) is 75.6 Å². The second kappa shape index (κ2) is 7.48. The fourth-order valence-corrected chi connectivity index (χ4v) is 1.37. The molecule has 1 aromatic carbocycles. The number of hydrogen-bond donors (Lipinski definition) is 2. The Labute approximate surface area is 110 Å². The van der Waals surface area contributed by atoms with Crippen molar-refractivity contribution in [3.63, 3.8) is 0 Å². The van der Waals surface area contributed by atoms with Gasteiger partial charge in [-0.2, -0.15) is 0 Å². The summed E-state index contributed by atoms with van der Waals surface area (Å²) in [6.07, 6.45) is -0.968. The lowest BCUT2D eigenvalue weighted by Gasteiger charge is -2.09. The van der Waals surface area contributed by atoms with E-state index in [1.165, 1.54) is 19.1 Å². The zero-order valence-corrected chi connectivity index (χ0v) is 10.6. The number of ether oxygens (including phenoxy) is 1. The van der Waals surface area contributed by atoms with Gasteiger partial charge < -0.3 is 15.2 Å². The molecule has 0 aromatic heterocycles. The van der Waals surface area contributed by atoms with Gasteiger partial charge in [0.25, 0.3) is 0 Å². The van der Waals surface area contributed by atoms with Crippen LogP contribution in [0, 0.1) is 5.82 Å². The lowest BCUT2D eigenvalue weighted by atomic mass is 10.1. The molecule has 1 unspecified atom stereocenters. The van der Waals surface area contributed by atoms with Crippen molar-refractivity contribution in [3.8, 4) is 0 Å². The minimum Gasteiger partial charge on any atom is -0.479 e. The maximum absolute atomic E-state index is 13.3. The van der Waals surface area contributed by atoms with E-state index in [1.54, 1.807) is 12.1 Å². The average Bonchev–Trinajstić information content (AvgIpc) is 2.37. The number of benzene rings is 1. The number of halogens is 1. The van der Waals surface area contributed by atoms with Crippen molar-refractivity contribution in [2.45, 2.75) is 19.4 Å². The highest BCUT2D eigenvalue weighted by Gasteiger charge is 2.11. The minimum atomic E-state index is -1.06. The Morgan fingerprint density at radius 1 is 1.42 bits per heavy atom. The van der Waals surface area contributed by atoms with Gasteiger partial charge in [-0.05, 0) is 18.6 Å². The van der Waals surface area contributed by atoms with E-state index in [2.05, 4.69) is 5.32 Å². The smallest absolute Gasteiger partial charge is 0.332 e. The summed E-state index contributed by atoms with van der Waals surface area (Å²) in [7, 11) is 0. The molecular formula is C13H16FNO4. The Balaban J connectivity index is 2.26. The van der Waals surface area contributed by atoms with Gasteiger partial charge in [-0.1, -0.05) is 18.2 Å². The molecule has 1 aromatic rings. The van der Waals surface area contributed by atoms with Crippen LogP contribution in [0.5, 0.6) is 0 Å². The van der Waals surface area contributed by atoms with Crippen LogP contribution in [0.1, 0.15) is 12.5 Å². The number of carbonyl (C=O) groups is 2. The van der Waals surface area contributed by atoms with Crippen molar-refractivity contribution in [1.82, 2.24) is 5.32 Å². The van der Waals surface area contributed by atoms with Crippen LogP contribution in [0.15, 0.2) is 24.3 Å². The monoisotopic (exact) mass is 269 g/mol. The molecule has 0 saturated carbocycles. The molecule has 1 rings (SSSR count). The van der Waals surface area contributed by atoms with E-state index in [0.29, 0.717) is 5.56 Å². The normalized spacial score (nSPS) is 11.9. The third-order valence-electron chi connectivity index (χ3n) is 2.45. The lowest BCUT2D eigenvalue weighted by molar-refractivity contribution is -0.148. The number of nitrogens with one attached hydrogen (secondary N) is 1. The SMILES string of the molecule is CC(OCCNC(=O)Cc1ccccc1F)C(=O)O. The van der Waals surface area contributed by atoms with E-state index < -0.39 is 17.9 Å². The Morgan fingerprint density at radius 2 is 2.11 bits per heavy atom. The summed E-state index contributed by atoms with van der Waals surface area (Å²) in [5.41, 5.74) is 0.319. The molecule has 0 aliphatic heterocycles. The predicted octanol–water partition coefficient (Wildman–Crippen LogP) is 0.974. The van der Waals surface area contributed by atoms with Crippen LogP contribution in [0.25, 0.3) is 0 Å². The van der Waals surface area contributed by atoms with Crippen molar-refractivity contribution in [3.05, 3.63) is 35.6 Å². The number of rotatable bonds is 7. The van der Waals surface area contributed by atoms with Crippen LogP contribution in [0.2, 0.25) is 0 Å². The Hall–Kier alpha value is -1.95. The highest BCUT2D eigenvalue weighted by molar-refractivity contribution is 5.78.